The fourth-order valence-corrected chi connectivity index (χ4v) is 6.10. The number of carbonyl (C=O) groups is 1. The molecule has 0 unspecified atom stereocenters. The van der Waals surface area contributed by atoms with Gasteiger partial charge in [0.2, 0.25) is 15.9 Å². The molecular formula is C27H29FN2O5S. The van der Waals surface area contributed by atoms with Gasteiger partial charge in [-0.3, -0.25) is 4.79 Å². The molecule has 0 bridgehead atoms. The van der Waals surface area contributed by atoms with Crippen molar-refractivity contribution in [3.05, 3.63) is 89.7 Å². The zero-order valence-corrected chi connectivity index (χ0v) is 21.1. The van der Waals surface area contributed by atoms with E-state index in [0.717, 1.165) is 17.2 Å². The van der Waals surface area contributed by atoms with Gasteiger partial charge < -0.3 is 14.8 Å². The number of hydrogen-bond donors (Lipinski definition) is 1. The Hall–Kier alpha value is -3.43. The minimum absolute atomic E-state index is 0.0919. The molecule has 36 heavy (non-hydrogen) atoms. The first kappa shape index (κ1) is 25.7. The Morgan fingerprint density at radius 1 is 0.972 bits per heavy atom. The average molecular weight is 513 g/mol. The zero-order valence-electron chi connectivity index (χ0n) is 20.2. The van der Waals surface area contributed by atoms with E-state index in [0.29, 0.717) is 11.5 Å². The number of halogens is 1. The summed E-state index contributed by atoms with van der Waals surface area (Å²) in [4.78, 5) is 13.6. The molecule has 190 valence electrons. The van der Waals surface area contributed by atoms with Crippen molar-refractivity contribution in [3.63, 3.8) is 0 Å². The van der Waals surface area contributed by atoms with Crippen LogP contribution in [0.15, 0.2) is 77.7 Å². The Morgan fingerprint density at radius 3 is 2.33 bits per heavy atom. The molecule has 1 aliphatic rings. The fraction of sp³-hybridized carbons (Fsp3) is 0.296. The number of sulfonamides is 1. The van der Waals surface area contributed by atoms with Crippen LogP contribution in [-0.2, 0) is 26.8 Å². The van der Waals surface area contributed by atoms with Gasteiger partial charge in [0.05, 0.1) is 24.5 Å². The molecule has 0 spiro atoms. The zero-order chi connectivity index (χ0) is 25.8. The number of methoxy groups -OCH3 is 2. The summed E-state index contributed by atoms with van der Waals surface area (Å²) in [5, 5.41) is 3.04. The van der Waals surface area contributed by atoms with E-state index in [1.807, 2.05) is 36.4 Å². The maximum Gasteiger partial charge on any atom is 0.243 e. The largest absolute Gasteiger partial charge is 0.497 e. The van der Waals surface area contributed by atoms with Crippen molar-refractivity contribution in [3.8, 4) is 11.5 Å². The van der Waals surface area contributed by atoms with E-state index < -0.39 is 21.3 Å². The number of ether oxygens (including phenoxy) is 2. The summed E-state index contributed by atoms with van der Waals surface area (Å²) in [6, 6.07) is 19.8. The highest BCUT2D eigenvalue weighted by atomic mass is 32.2. The molecule has 4 rings (SSSR count). The second-order valence-corrected chi connectivity index (χ2v) is 10.6. The molecule has 1 saturated heterocycles. The van der Waals surface area contributed by atoms with Crippen molar-refractivity contribution in [1.29, 1.82) is 0 Å². The molecule has 1 fully saturated rings. The molecule has 9 heteroatoms. The predicted octanol–water partition coefficient (Wildman–Crippen LogP) is 3.88. The van der Waals surface area contributed by atoms with Crippen LogP contribution >= 0.6 is 0 Å². The van der Waals surface area contributed by atoms with Crippen LogP contribution < -0.4 is 14.8 Å². The van der Waals surface area contributed by atoms with E-state index in [1.54, 1.807) is 26.4 Å². The number of amides is 1. The van der Waals surface area contributed by atoms with E-state index >= 15 is 0 Å². The van der Waals surface area contributed by atoms with Gasteiger partial charge in [0.25, 0.3) is 0 Å². The van der Waals surface area contributed by atoms with Gasteiger partial charge in [-0.1, -0.05) is 36.4 Å². The van der Waals surface area contributed by atoms with E-state index in [9.17, 15) is 17.6 Å². The van der Waals surface area contributed by atoms with Crippen LogP contribution in [0.25, 0.3) is 0 Å². The number of piperidine rings is 1. The van der Waals surface area contributed by atoms with E-state index in [4.69, 9.17) is 9.47 Å². The van der Waals surface area contributed by atoms with Crippen molar-refractivity contribution in [2.24, 2.45) is 0 Å². The van der Waals surface area contributed by atoms with Crippen LogP contribution in [0.5, 0.6) is 11.5 Å². The lowest BCUT2D eigenvalue weighted by Gasteiger charge is -2.40. The maximum atomic E-state index is 13.7. The quantitative estimate of drug-likeness (QED) is 0.495. The molecule has 0 radical (unpaired) electrons. The fourth-order valence-electron chi connectivity index (χ4n) is 4.63. The normalized spacial score (nSPS) is 15.8. The topological polar surface area (TPSA) is 84.9 Å². The van der Waals surface area contributed by atoms with Crippen LogP contribution in [0.1, 0.15) is 24.0 Å². The minimum atomic E-state index is -3.88. The highest BCUT2D eigenvalue weighted by Crippen LogP contribution is 2.38. The van der Waals surface area contributed by atoms with Gasteiger partial charge in [-0.05, 0) is 48.7 Å². The molecule has 1 amide bonds. The third kappa shape index (κ3) is 5.08. The molecule has 3 aromatic rings. The second-order valence-electron chi connectivity index (χ2n) is 8.67. The van der Waals surface area contributed by atoms with Gasteiger partial charge >= 0.3 is 0 Å². The summed E-state index contributed by atoms with van der Waals surface area (Å²) in [7, 11) is -0.754. The van der Waals surface area contributed by atoms with Crippen molar-refractivity contribution in [2.75, 3.05) is 27.3 Å². The highest BCUT2D eigenvalue weighted by molar-refractivity contribution is 7.89. The third-order valence-electron chi connectivity index (χ3n) is 6.70. The molecule has 0 saturated carbocycles. The van der Waals surface area contributed by atoms with Crippen molar-refractivity contribution < 1.29 is 27.1 Å². The van der Waals surface area contributed by atoms with Crippen LogP contribution in [-0.4, -0.2) is 45.9 Å². The molecule has 7 nitrogen and oxygen atoms in total. The second kappa shape index (κ2) is 10.7. The van der Waals surface area contributed by atoms with Gasteiger partial charge in [0, 0.05) is 31.3 Å². The first-order valence-corrected chi connectivity index (χ1v) is 13.0. The lowest BCUT2D eigenvalue weighted by Crippen LogP contribution is -2.52. The standard InChI is InChI=1S/C27H29FN2O5S/c1-34-23-12-11-20(25(18-23)35-2)19-29-26(31)27(21-7-4-3-5-8-21)13-15-30(16-14-27)36(32,33)24-10-6-9-22(28)17-24/h3-12,17-18H,13-16,19H2,1-2H3,(H,29,31). The Bertz CT molecular complexity index is 1320. The molecular weight excluding hydrogens is 483 g/mol. The maximum absolute atomic E-state index is 13.7. The Morgan fingerprint density at radius 2 is 1.69 bits per heavy atom. The third-order valence-corrected chi connectivity index (χ3v) is 8.60. The van der Waals surface area contributed by atoms with Crippen molar-refractivity contribution in [1.82, 2.24) is 9.62 Å². The SMILES string of the molecule is COc1ccc(CNC(=O)C2(c3ccccc3)CCN(S(=O)(=O)c3cccc(F)c3)CC2)c(OC)c1. The van der Waals surface area contributed by atoms with Gasteiger partial charge in [-0.25, -0.2) is 12.8 Å². The van der Waals surface area contributed by atoms with E-state index in [-0.39, 0.29) is 43.3 Å². The Balaban J connectivity index is 1.56. The van der Waals surface area contributed by atoms with Crippen LogP contribution in [0.4, 0.5) is 4.39 Å². The lowest BCUT2D eigenvalue weighted by atomic mass is 9.72. The first-order chi connectivity index (χ1) is 17.3. The van der Waals surface area contributed by atoms with Gasteiger partial charge in [-0.15, -0.1) is 0 Å². The summed E-state index contributed by atoms with van der Waals surface area (Å²) in [6.45, 7) is 0.506. The number of nitrogens with one attached hydrogen (secondary N) is 1. The van der Waals surface area contributed by atoms with Crippen LogP contribution in [0.3, 0.4) is 0 Å². The molecule has 0 atom stereocenters. The van der Waals surface area contributed by atoms with Crippen LogP contribution in [0.2, 0.25) is 0 Å². The Kier molecular flexibility index (Phi) is 7.61. The molecule has 0 aromatic heterocycles. The highest BCUT2D eigenvalue weighted by Gasteiger charge is 2.45. The first-order valence-electron chi connectivity index (χ1n) is 11.6. The monoisotopic (exact) mass is 512 g/mol. The molecule has 1 heterocycles. The van der Waals surface area contributed by atoms with Gasteiger partial charge in [0.15, 0.2) is 0 Å². The molecule has 3 aromatic carbocycles. The number of nitrogens with zero attached hydrogens (tertiary/aromatic N) is 1. The van der Waals surface area contributed by atoms with Crippen molar-refractivity contribution >= 4 is 15.9 Å². The summed E-state index contributed by atoms with van der Waals surface area (Å²) in [5.41, 5.74) is 0.711. The number of carbonyl (C=O) groups excluding carboxylic acids is 1. The molecule has 0 aliphatic carbocycles. The minimum Gasteiger partial charge on any atom is -0.497 e. The number of hydrogen-bond acceptors (Lipinski definition) is 5. The van der Waals surface area contributed by atoms with Crippen molar-refractivity contribution in [2.45, 2.75) is 29.7 Å². The molecule has 1 N–H and O–H groups in total. The average Bonchev–Trinajstić information content (AvgIpc) is 2.92. The molecule has 1 aliphatic heterocycles. The van der Waals surface area contributed by atoms with E-state index in [2.05, 4.69) is 5.32 Å². The van der Waals surface area contributed by atoms with E-state index in [1.165, 1.54) is 22.5 Å². The summed E-state index contributed by atoms with van der Waals surface area (Å²) in [5.74, 6) is 0.448. The smallest absolute Gasteiger partial charge is 0.243 e. The Labute approximate surface area is 210 Å². The number of benzene rings is 3. The van der Waals surface area contributed by atoms with Gasteiger partial charge in [0.1, 0.15) is 17.3 Å². The summed E-state index contributed by atoms with van der Waals surface area (Å²) in [6.07, 6.45) is 0.578. The number of rotatable bonds is 8. The summed E-state index contributed by atoms with van der Waals surface area (Å²) >= 11 is 0. The summed E-state index contributed by atoms with van der Waals surface area (Å²) < 4.78 is 51.9. The van der Waals surface area contributed by atoms with Gasteiger partial charge in [-0.2, -0.15) is 4.31 Å². The lowest BCUT2D eigenvalue weighted by molar-refractivity contribution is -0.128. The predicted molar refractivity (Wildman–Crippen MR) is 134 cm³/mol. The van der Waals surface area contributed by atoms with Crippen LogP contribution in [0, 0.1) is 5.82 Å².